The van der Waals surface area contributed by atoms with E-state index >= 15 is 0 Å². The van der Waals surface area contributed by atoms with E-state index in [0.29, 0.717) is 19.5 Å². The second-order valence-corrected chi connectivity index (χ2v) is 6.89. The van der Waals surface area contributed by atoms with Crippen LogP contribution in [0, 0.1) is 6.92 Å². The number of nitrogens with one attached hydrogen (secondary N) is 2. The quantitative estimate of drug-likeness (QED) is 0.592. The number of anilines is 1. The van der Waals surface area contributed by atoms with Crippen molar-refractivity contribution in [1.82, 2.24) is 10.2 Å². The van der Waals surface area contributed by atoms with Gasteiger partial charge in [-0.3, -0.25) is 10.1 Å². The van der Waals surface area contributed by atoms with Gasteiger partial charge in [0.25, 0.3) is 0 Å². The molecule has 0 aromatic heterocycles. The maximum absolute atomic E-state index is 12.9. The number of aliphatic hydroxyl groups is 1. The van der Waals surface area contributed by atoms with Crippen molar-refractivity contribution in [1.29, 1.82) is 0 Å². The molecule has 132 valence electrons. The topological polar surface area (TPSA) is 90.6 Å². The number of piperidine rings is 1. The van der Waals surface area contributed by atoms with Crippen LogP contribution in [0.2, 0.25) is 0 Å². The van der Waals surface area contributed by atoms with Crippen molar-refractivity contribution in [2.45, 2.75) is 50.9 Å². The number of aryl methyl sites for hydroxylation is 1. The van der Waals surface area contributed by atoms with E-state index in [1.807, 2.05) is 11.0 Å². The number of benzene rings is 1. The summed E-state index contributed by atoms with van der Waals surface area (Å²) < 4.78 is 0. The van der Waals surface area contributed by atoms with Gasteiger partial charge in [0.1, 0.15) is 12.3 Å². The highest BCUT2D eigenvalue weighted by molar-refractivity contribution is 5.88. The molecular formula is C18H28N4O2. The first-order chi connectivity index (χ1) is 11.6. The zero-order chi connectivity index (χ0) is 17.1. The lowest BCUT2D eigenvalue weighted by Crippen LogP contribution is -2.53. The largest absolute Gasteiger partial charge is 0.379 e. The van der Waals surface area contributed by atoms with Gasteiger partial charge in [-0.2, -0.15) is 0 Å². The molecule has 3 atom stereocenters. The minimum atomic E-state index is -0.591. The molecule has 1 aromatic rings. The number of hydrogen-bond donors (Lipinski definition) is 4. The lowest BCUT2D eigenvalue weighted by molar-refractivity contribution is -0.133. The van der Waals surface area contributed by atoms with Gasteiger partial charge in [-0.25, -0.2) is 0 Å². The molecule has 0 aliphatic carbocycles. The third-order valence-electron chi connectivity index (χ3n) is 5.00. The van der Waals surface area contributed by atoms with Crippen LogP contribution >= 0.6 is 0 Å². The number of carbonyl (C=O) groups is 1. The zero-order valence-electron chi connectivity index (χ0n) is 14.3. The summed E-state index contributed by atoms with van der Waals surface area (Å²) in [5.74, 6) is 0.158. The lowest BCUT2D eigenvalue weighted by Gasteiger charge is -2.35. The van der Waals surface area contributed by atoms with Crippen LogP contribution in [0.25, 0.3) is 0 Å². The van der Waals surface area contributed by atoms with Crippen LogP contribution in [0.1, 0.15) is 30.4 Å². The third kappa shape index (κ3) is 3.71. The molecule has 2 heterocycles. The molecule has 1 fully saturated rings. The smallest absolute Gasteiger partial charge is 0.245 e. The first-order valence-electron chi connectivity index (χ1n) is 8.86. The highest BCUT2D eigenvalue weighted by Crippen LogP contribution is 2.30. The number of para-hydroxylation sites is 1. The van der Waals surface area contributed by atoms with Crippen LogP contribution in [-0.4, -0.2) is 53.9 Å². The van der Waals surface area contributed by atoms with E-state index in [1.165, 1.54) is 11.1 Å². The highest BCUT2D eigenvalue weighted by Gasteiger charge is 2.33. The Labute approximate surface area is 143 Å². The van der Waals surface area contributed by atoms with Crippen LogP contribution in [0.15, 0.2) is 18.2 Å². The summed E-state index contributed by atoms with van der Waals surface area (Å²) in [6.45, 7) is 3.96. The van der Waals surface area contributed by atoms with Gasteiger partial charge < -0.3 is 21.1 Å². The Balaban J connectivity index is 1.59. The van der Waals surface area contributed by atoms with E-state index in [-0.39, 0.29) is 18.0 Å². The Morgan fingerprint density at radius 2 is 2.38 bits per heavy atom. The maximum atomic E-state index is 12.9. The number of amides is 1. The Hall–Kier alpha value is -1.63. The first kappa shape index (κ1) is 17.2. The molecule has 2 aliphatic heterocycles. The van der Waals surface area contributed by atoms with Crippen molar-refractivity contribution >= 4 is 11.6 Å². The van der Waals surface area contributed by atoms with Gasteiger partial charge in [-0.05, 0) is 43.9 Å². The average Bonchev–Trinajstić information content (AvgIpc) is 3.00. The van der Waals surface area contributed by atoms with Crippen molar-refractivity contribution in [2.24, 2.45) is 5.73 Å². The molecule has 2 aliphatic rings. The minimum absolute atomic E-state index is 0.134. The van der Waals surface area contributed by atoms with Gasteiger partial charge in [0.2, 0.25) is 5.91 Å². The monoisotopic (exact) mass is 332 g/mol. The van der Waals surface area contributed by atoms with E-state index in [1.54, 1.807) is 0 Å². The van der Waals surface area contributed by atoms with Gasteiger partial charge >= 0.3 is 0 Å². The molecule has 6 nitrogen and oxygen atoms in total. The number of carbonyl (C=O) groups excluding carboxylic acids is 1. The number of nitrogens with zero attached hydrogens (tertiary/aromatic N) is 1. The standard InChI is InChI=1S/C18H28N4O2/c1-12-4-2-5-13-10-15(21-17(12)13)18(24)22-9-3-6-14(11-22)20-16(23)7-8-19/h2,4-5,14-16,20-21,23H,3,6-11,19H2,1H3. The number of likely N-dealkylation sites (tertiary alicyclic amines) is 1. The van der Waals surface area contributed by atoms with Crippen LogP contribution < -0.4 is 16.4 Å². The summed E-state index contributed by atoms with van der Waals surface area (Å²) in [6.07, 6.45) is 2.62. The number of rotatable bonds is 5. The summed E-state index contributed by atoms with van der Waals surface area (Å²) >= 11 is 0. The number of nitrogens with two attached hydrogens (primary N) is 1. The fourth-order valence-corrected chi connectivity index (χ4v) is 3.75. The second kappa shape index (κ2) is 7.51. The second-order valence-electron chi connectivity index (χ2n) is 6.89. The Morgan fingerprint density at radius 1 is 1.54 bits per heavy atom. The lowest BCUT2D eigenvalue weighted by atomic mass is 10.0. The Kier molecular flexibility index (Phi) is 5.38. The summed E-state index contributed by atoms with van der Waals surface area (Å²) in [4.78, 5) is 14.8. The molecule has 6 heteroatoms. The van der Waals surface area contributed by atoms with E-state index in [0.717, 1.165) is 31.5 Å². The summed E-state index contributed by atoms with van der Waals surface area (Å²) in [5.41, 5.74) is 8.99. The molecule has 0 bridgehead atoms. The molecule has 0 radical (unpaired) electrons. The van der Waals surface area contributed by atoms with E-state index in [4.69, 9.17) is 5.73 Å². The third-order valence-corrected chi connectivity index (χ3v) is 5.00. The normalized spacial score (nSPS) is 24.4. The van der Waals surface area contributed by atoms with Gasteiger partial charge in [-0.1, -0.05) is 18.2 Å². The van der Waals surface area contributed by atoms with Crippen LogP contribution in [0.4, 0.5) is 5.69 Å². The number of hydrogen-bond acceptors (Lipinski definition) is 5. The van der Waals surface area contributed by atoms with E-state index in [2.05, 4.69) is 29.7 Å². The fourth-order valence-electron chi connectivity index (χ4n) is 3.75. The molecule has 1 aromatic carbocycles. The van der Waals surface area contributed by atoms with Crippen molar-refractivity contribution in [2.75, 3.05) is 25.0 Å². The molecule has 24 heavy (non-hydrogen) atoms. The molecule has 0 saturated carbocycles. The van der Waals surface area contributed by atoms with Crippen molar-refractivity contribution in [3.05, 3.63) is 29.3 Å². The van der Waals surface area contributed by atoms with Gasteiger partial charge in [-0.15, -0.1) is 0 Å². The SMILES string of the molecule is Cc1cccc2c1NC(C(=O)N1CCCC(NC(O)CCN)C1)C2. The molecule has 1 amide bonds. The Morgan fingerprint density at radius 3 is 3.12 bits per heavy atom. The summed E-state index contributed by atoms with van der Waals surface area (Å²) in [6, 6.07) is 6.16. The number of fused-ring (bicyclic) bond motifs is 1. The molecule has 1 saturated heterocycles. The summed E-state index contributed by atoms with van der Waals surface area (Å²) in [7, 11) is 0. The fraction of sp³-hybridized carbons (Fsp3) is 0.611. The highest BCUT2D eigenvalue weighted by atomic mass is 16.3. The number of aliphatic hydroxyl groups excluding tert-OH is 1. The van der Waals surface area contributed by atoms with Crippen LogP contribution in [0.5, 0.6) is 0 Å². The zero-order valence-corrected chi connectivity index (χ0v) is 14.3. The molecule has 5 N–H and O–H groups in total. The average molecular weight is 332 g/mol. The van der Waals surface area contributed by atoms with Gasteiger partial charge in [0.15, 0.2) is 0 Å². The van der Waals surface area contributed by atoms with Gasteiger partial charge in [0, 0.05) is 31.2 Å². The van der Waals surface area contributed by atoms with E-state index in [9.17, 15) is 9.90 Å². The molecular weight excluding hydrogens is 304 g/mol. The molecule has 3 rings (SSSR count). The molecule has 3 unspecified atom stereocenters. The minimum Gasteiger partial charge on any atom is -0.379 e. The van der Waals surface area contributed by atoms with Crippen molar-refractivity contribution < 1.29 is 9.90 Å². The predicted molar refractivity (Wildman–Crippen MR) is 94.7 cm³/mol. The molecule has 0 spiro atoms. The van der Waals surface area contributed by atoms with Crippen LogP contribution in [0.3, 0.4) is 0 Å². The predicted octanol–water partition coefficient (Wildman–Crippen LogP) is 0.579. The van der Waals surface area contributed by atoms with Crippen molar-refractivity contribution in [3.63, 3.8) is 0 Å². The van der Waals surface area contributed by atoms with Crippen molar-refractivity contribution in [3.8, 4) is 0 Å². The van der Waals surface area contributed by atoms with Gasteiger partial charge in [0.05, 0.1) is 0 Å². The summed E-state index contributed by atoms with van der Waals surface area (Å²) in [5, 5.41) is 16.5. The maximum Gasteiger partial charge on any atom is 0.245 e. The van der Waals surface area contributed by atoms with Crippen LogP contribution in [-0.2, 0) is 11.2 Å². The van der Waals surface area contributed by atoms with E-state index < -0.39 is 6.23 Å². The first-order valence-corrected chi connectivity index (χ1v) is 8.86. The Bertz CT molecular complexity index is 592.